The van der Waals surface area contributed by atoms with Crippen molar-refractivity contribution >= 4 is 128 Å². The van der Waals surface area contributed by atoms with Crippen LogP contribution in [0.1, 0.15) is 17.5 Å². The van der Waals surface area contributed by atoms with Gasteiger partial charge in [-0.05, 0) is 0 Å². The average molecular weight is 516 g/mol. The van der Waals surface area contributed by atoms with Gasteiger partial charge >= 0.3 is 0 Å². The van der Waals surface area contributed by atoms with Gasteiger partial charge in [-0.3, -0.25) is 0 Å². The Labute approximate surface area is 174 Å². The molecule has 0 amide bonds. The summed E-state index contributed by atoms with van der Waals surface area (Å²) in [4.78, 5) is 11.2. The molecule has 0 saturated carbocycles. The number of halogens is 11. The number of nitrogens with zero attached hydrogens (tertiary/aromatic N) is 3. The Balaban J connectivity index is 3.61. The summed E-state index contributed by atoms with van der Waals surface area (Å²) in [5, 5.41) is 0. The number of hydrogen-bond donors (Lipinski definition) is 0. The number of alkyl halides is 11. The van der Waals surface area contributed by atoms with Crippen LogP contribution in [-0.4, -0.2) is 18.7 Å². The number of aromatic nitrogens is 3. The van der Waals surface area contributed by atoms with Crippen molar-refractivity contribution in [2.45, 2.75) is 15.7 Å². The average Bonchev–Trinajstić information content (AvgIpc) is 2.24. The van der Waals surface area contributed by atoms with Gasteiger partial charge in [0, 0.05) is 0 Å². The van der Waals surface area contributed by atoms with Gasteiger partial charge in [0.15, 0.2) is 17.5 Å². The van der Waals surface area contributed by atoms with Gasteiger partial charge in [-0.1, -0.05) is 128 Å². The molecule has 0 spiro atoms. The third-order valence-corrected chi connectivity index (χ3v) is 5.13. The van der Waals surface area contributed by atoms with Gasteiger partial charge < -0.3 is 0 Å². The van der Waals surface area contributed by atoms with Gasteiger partial charge in [-0.25, -0.2) is 15.0 Å². The van der Waals surface area contributed by atoms with Crippen LogP contribution in [0.5, 0.6) is 0 Å². The predicted molar refractivity (Wildman–Crippen MR) is 92.0 cm³/mol. The minimum Gasteiger partial charge on any atom is -0.210 e. The molecule has 0 aliphatic heterocycles. The molecular weight excluding hydrogens is 516 g/mol. The monoisotopic (exact) mass is 511 g/mol. The van der Waals surface area contributed by atoms with Crippen LogP contribution in [0, 0.1) is 0 Å². The SMILES string of the molecule is ClC(Cl)(Cl)c1nc(C(Cl)(Cl)Cl)nc(C(Cl)(Cl)C(Cl)(Cl)Cl)n1. The minimum absolute atomic E-state index is 0.418. The van der Waals surface area contributed by atoms with Crippen LogP contribution in [0.3, 0.4) is 0 Å². The van der Waals surface area contributed by atoms with Crippen LogP contribution in [0.25, 0.3) is 0 Å². The third kappa shape index (κ3) is 5.34. The molecular formula is C7Cl11N3. The highest BCUT2D eigenvalue weighted by Crippen LogP contribution is 2.52. The van der Waals surface area contributed by atoms with Gasteiger partial charge in [0.05, 0.1) is 0 Å². The second-order valence-electron chi connectivity index (χ2n) is 3.37. The smallest absolute Gasteiger partial charge is 0.210 e. The van der Waals surface area contributed by atoms with Crippen molar-refractivity contribution in [1.82, 2.24) is 15.0 Å². The van der Waals surface area contributed by atoms with Crippen LogP contribution < -0.4 is 0 Å². The van der Waals surface area contributed by atoms with Gasteiger partial charge in [-0.2, -0.15) is 0 Å². The van der Waals surface area contributed by atoms with E-state index >= 15 is 0 Å². The van der Waals surface area contributed by atoms with E-state index in [4.69, 9.17) is 128 Å². The molecule has 1 rings (SSSR count). The quantitative estimate of drug-likeness (QED) is 0.399. The van der Waals surface area contributed by atoms with E-state index in [0.717, 1.165) is 0 Å². The molecule has 1 heterocycles. The molecule has 0 atom stereocenters. The van der Waals surface area contributed by atoms with Crippen molar-refractivity contribution in [3.05, 3.63) is 17.5 Å². The standard InChI is InChI=1S/C7Cl11N3/c8-4(9,7(16,17)18)1-19-2(5(10,11)12)21-3(20-1)6(13,14)15. The lowest BCUT2D eigenvalue weighted by atomic mass is 10.4. The predicted octanol–water partition coefficient (Wildman–Crippen LogP) is 6.53. The van der Waals surface area contributed by atoms with E-state index in [9.17, 15) is 0 Å². The summed E-state index contributed by atoms with van der Waals surface area (Å²) in [6, 6.07) is 0. The second-order valence-corrected chi connectivity index (χ2v) is 11.5. The van der Waals surface area contributed by atoms with Gasteiger partial charge in [0.1, 0.15) is 0 Å². The van der Waals surface area contributed by atoms with Crippen LogP contribution in [-0.2, 0) is 11.9 Å². The highest BCUT2D eigenvalue weighted by molar-refractivity contribution is 6.75. The molecule has 14 heteroatoms. The first-order valence-corrected chi connectivity index (χ1v) is 8.58. The normalized spacial score (nSPS) is 14.4. The third-order valence-electron chi connectivity index (χ3n) is 1.78. The van der Waals surface area contributed by atoms with Gasteiger partial charge in [0.2, 0.25) is 15.7 Å². The summed E-state index contributed by atoms with van der Waals surface area (Å²) in [6.07, 6.45) is 0. The summed E-state index contributed by atoms with van der Waals surface area (Å²) in [6.45, 7) is 0. The topological polar surface area (TPSA) is 38.7 Å². The van der Waals surface area contributed by atoms with Crippen molar-refractivity contribution in [3.63, 3.8) is 0 Å². The maximum atomic E-state index is 5.94. The molecule has 0 N–H and O–H groups in total. The first-order chi connectivity index (χ1) is 9.07. The highest BCUT2D eigenvalue weighted by atomic mass is 35.6. The molecule has 0 radical (unpaired) electrons. The Hall–Kier alpha value is 2.20. The molecule has 0 aromatic carbocycles. The Morgan fingerprint density at radius 1 is 0.476 bits per heavy atom. The molecule has 120 valence electrons. The van der Waals surface area contributed by atoms with E-state index in [1.54, 1.807) is 0 Å². The fourth-order valence-corrected chi connectivity index (χ4v) is 1.83. The Kier molecular flexibility index (Phi) is 6.92. The fourth-order valence-electron chi connectivity index (χ4n) is 0.897. The van der Waals surface area contributed by atoms with E-state index in [1.165, 1.54) is 0 Å². The van der Waals surface area contributed by atoms with E-state index in [-0.39, 0.29) is 0 Å². The summed E-state index contributed by atoms with van der Waals surface area (Å²) in [7, 11) is 0. The van der Waals surface area contributed by atoms with Crippen LogP contribution >= 0.6 is 128 Å². The largest absolute Gasteiger partial charge is 0.250 e. The molecule has 0 fully saturated rings. The van der Waals surface area contributed by atoms with Crippen LogP contribution in [0.4, 0.5) is 0 Å². The molecule has 0 bridgehead atoms. The lowest BCUT2D eigenvalue weighted by Gasteiger charge is -2.27. The van der Waals surface area contributed by atoms with Crippen molar-refractivity contribution < 1.29 is 0 Å². The van der Waals surface area contributed by atoms with Crippen molar-refractivity contribution in [3.8, 4) is 0 Å². The molecule has 1 aromatic heterocycles. The van der Waals surface area contributed by atoms with E-state index in [2.05, 4.69) is 15.0 Å². The van der Waals surface area contributed by atoms with Crippen molar-refractivity contribution in [2.75, 3.05) is 0 Å². The lowest BCUT2D eigenvalue weighted by molar-refractivity contribution is 0.717. The zero-order chi connectivity index (χ0) is 16.9. The fraction of sp³-hybridized carbons (Fsp3) is 0.571. The molecule has 21 heavy (non-hydrogen) atoms. The lowest BCUT2D eigenvalue weighted by Crippen LogP contribution is -2.33. The van der Waals surface area contributed by atoms with Gasteiger partial charge in [0.25, 0.3) is 0 Å². The molecule has 0 aliphatic carbocycles. The maximum Gasteiger partial charge on any atom is 0.250 e. The summed E-state index contributed by atoms with van der Waals surface area (Å²) in [5.41, 5.74) is 0. The van der Waals surface area contributed by atoms with Crippen molar-refractivity contribution in [1.29, 1.82) is 0 Å². The zero-order valence-electron chi connectivity index (χ0n) is 9.00. The van der Waals surface area contributed by atoms with Gasteiger partial charge in [-0.15, -0.1) is 0 Å². The van der Waals surface area contributed by atoms with Crippen LogP contribution in [0.2, 0.25) is 0 Å². The summed E-state index contributed by atoms with van der Waals surface area (Å²) < 4.78 is -8.62. The highest BCUT2D eigenvalue weighted by Gasteiger charge is 2.51. The number of hydrogen-bond acceptors (Lipinski definition) is 3. The second kappa shape index (κ2) is 6.84. The maximum absolute atomic E-state index is 5.94. The Morgan fingerprint density at radius 3 is 1.00 bits per heavy atom. The Bertz CT molecular complexity index is 494. The zero-order valence-corrected chi connectivity index (χ0v) is 17.3. The van der Waals surface area contributed by atoms with E-state index in [0.29, 0.717) is 0 Å². The van der Waals surface area contributed by atoms with E-state index in [1.807, 2.05) is 0 Å². The molecule has 3 nitrogen and oxygen atoms in total. The first kappa shape index (κ1) is 21.2. The van der Waals surface area contributed by atoms with E-state index < -0.39 is 33.2 Å². The molecule has 0 aliphatic rings. The Morgan fingerprint density at radius 2 is 0.762 bits per heavy atom. The van der Waals surface area contributed by atoms with Crippen molar-refractivity contribution in [2.24, 2.45) is 0 Å². The first-order valence-electron chi connectivity index (χ1n) is 4.42. The van der Waals surface area contributed by atoms with Crippen LogP contribution in [0.15, 0.2) is 0 Å². The molecule has 0 unspecified atom stereocenters. The molecule has 0 saturated heterocycles. The number of rotatable bonds is 1. The summed E-state index contributed by atoms with van der Waals surface area (Å²) >= 11 is 62.9. The molecule has 1 aromatic rings. The summed E-state index contributed by atoms with van der Waals surface area (Å²) in [5.74, 6) is -1.30. The minimum atomic E-state index is -2.23.